The Morgan fingerprint density at radius 2 is 1.75 bits per heavy atom. The van der Waals surface area contributed by atoms with E-state index in [0.29, 0.717) is 23.9 Å². The molecule has 0 radical (unpaired) electrons. The monoisotopic (exact) mass is 422 g/mol. The van der Waals surface area contributed by atoms with Crippen LogP contribution in [0.5, 0.6) is 0 Å². The highest BCUT2D eigenvalue weighted by molar-refractivity contribution is 5.97. The summed E-state index contributed by atoms with van der Waals surface area (Å²) < 4.78 is 0. The zero-order chi connectivity index (χ0) is 21.8. The van der Waals surface area contributed by atoms with Crippen molar-refractivity contribution in [3.8, 4) is 22.8 Å². The molecule has 4 aromatic heterocycles. The average molecular weight is 422 g/mol. The first kappa shape index (κ1) is 19.8. The lowest BCUT2D eigenvalue weighted by Gasteiger charge is -2.16. The van der Waals surface area contributed by atoms with Gasteiger partial charge in [-0.15, -0.1) is 0 Å². The third-order valence-electron chi connectivity index (χ3n) is 5.18. The minimum Gasteiger partial charge on any atom is -0.368 e. The van der Waals surface area contributed by atoms with Crippen molar-refractivity contribution < 1.29 is 0 Å². The average Bonchev–Trinajstić information content (AvgIpc) is 3.38. The zero-order valence-corrected chi connectivity index (χ0v) is 17.3. The van der Waals surface area contributed by atoms with Crippen molar-refractivity contribution in [2.45, 2.75) is 12.5 Å². The van der Waals surface area contributed by atoms with E-state index in [1.165, 1.54) is 5.56 Å². The summed E-state index contributed by atoms with van der Waals surface area (Å²) in [5, 5.41) is 11.4. The van der Waals surface area contributed by atoms with Crippen molar-refractivity contribution in [3.05, 3.63) is 84.9 Å². The van der Waals surface area contributed by atoms with Crippen LogP contribution in [-0.2, 0) is 6.42 Å². The van der Waals surface area contributed by atoms with Gasteiger partial charge >= 0.3 is 0 Å². The summed E-state index contributed by atoms with van der Waals surface area (Å²) >= 11 is 0. The van der Waals surface area contributed by atoms with Crippen LogP contribution in [0.2, 0.25) is 0 Å². The number of H-pyrrole nitrogens is 1. The van der Waals surface area contributed by atoms with Gasteiger partial charge in [0.2, 0.25) is 0 Å². The maximum atomic E-state index is 6.41. The lowest BCUT2D eigenvalue weighted by atomic mass is 10.1. The third-order valence-corrected chi connectivity index (χ3v) is 5.18. The van der Waals surface area contributed by atoms with Crippen LogP contribution >= 0.6 is 0 Å². The zero-order valence-electron chi connectivity index (χ0n) is 17.3. The van der Waals surface area contributed by atoms with Crippen LogP contribution in [-0.4, -0.2) is 42.7 Å². The van der Waals surface area contributed by atoms with Crippen molar-refractivity contribution in [1.82, 2.24) is 30.1 Å². The molecule has 0 aliphatic heterocycles. The summed E-state index contributed by atoms with van der Waals surface area (Å²) in [5.74, 6) is 1.31. The summed E-state index contributed by atoms with van der Waals surface area (Å²) in [6, 6.07) is 17.7. The van der Waals surface area contributed by atoms with Crippen molar-refractivity contribution >= 4 is 16.7 Å². The van der Waals surface area contributed by atoms with Crippen LogP contribution in [0.4, 0.5) is 5.82 Å². The Morgan fingerprint density at radius 3 is 2.53 bits per heavy atom. The highest BCUT2D eigenvalue weighted by Crippen LogP contribution is 2.30. The van der Waals surface area contributed by atoms with E-state index in [1.54, 1.807) is 24.8 Å². The number of rotatable bonds is 7. The largest absolute Gasteiger partial charge is 0.368 e. The van der Waals surface area contributed by atoms with Crippen molar-refractivity contribution in [2.75, 3.05) is 11.9 Å². The van der Waals surface area contributed by atoms with E-state index in [0.717, 1.165) is 28.6 Å². The molecule has 0 saturated heterocycles. The van der Waals surface area contributed by atoms with Crippen LogP contribution in [0, 0.1) is 0 Å². The van der Waals surface area contributed by atoms with Gasteiger partial charge in [-0.3, -0.25) is 15.1 Å². The maximum Gasteiger partial charge on any atom is 0.162 e. The van der Waals surface area contributed by atoms with Gasteiger partial charge in [-0.05, 0) is 36.2 Å². The van der Waals surface area contributed by atoms with Crippen molar-refractivity contribution in [2.24, 2.45) is 5.73 Å². The second-order valence-corrected chi connectivity index (χ2v) is 7.49. The normalized spacial score (nSPS) is 12.0. The van der Waals surface area contributed by atoms with E-state index in [2.05, 4.69) is 37.6 Å². The number of benzene rings is 1. The number of hydrogen-bond donors (Lipinski definition) is 3. The fourth-order valence-corrected chi connectivity index (χ4v) is 3.62. The predicted octanol–water partition coefficient (Wildman–Crippen LogP) is 3.46. The summed E-state index contributed by atoms with van der Waals surface area (Å²) in [4.78, 5) is 18.3. The minimum absolute atomic E-state index is 0.0688. The van der Waals surface area contributed by atoms with E-state index >= 15 is 0 Å². The lowest BCUT2D eigenvalue weighted by Crippen LogP contribution is -2.31. The Labute approximate surface area is 185 Å². The number of hydrogen-bond acceptors (Lipinski definition) is 7. The molecule has 4 heterocycles. The van der Waals surface area contributed by atoms with Gasteiger partial charge in [0.15, 0.2) is 5.82 Å². The smallest absolute Gasteiger partial charge is 0.162 e. The second-order valence-electron chi connectivity index (χ2n) is 7.49. The van der Waals surface area contributed by atoms with E-state index in [9.17, 15) is 0 Å². The van der Waals surface area contributed by atoms with Crippen LogP contribution in [0.1, 0.15) is 5.56 Å². The Hall–Kier alpha value is -4.17. The lowest BCUT2D eigenvalue weighted by molar-refractivity contribution is 0.698. The summed E-state index contributed by atoms with van der Waals surface area (Å²) in [7, 11) is 0. The number of nitrogens with zero attached hydrogens (tertiary/aromatic N) is 5. The Morgan fingerprint density at radius 1 is 0.906 bits per heavy atom. The molecule has 158 valence electrons. The number of anilines is 1. The van der Waals surface area contributed by atoms with Crippen LogP contribution in [0.15, 0.2) is 79.4 Å². The number of nitrogens with one attached hydrogen (secondary N) is 2. The van der Waals surface area contributed by atoms with Crippen molar-refractivity contribution in [3.63, 3.8) is 0 Å². The van der Waals surface area contributed by atoms with Crippen LogP contribution < -0.4 is 11.1 Å². The molecular formula is C24H22N8. The predicted molar refractivity (Wildman–Crippen MR) is 125 cm³/mol. The van der Waals surface area contributed by atoms with Gasteiger partial charge in [-0.2, -0.15) is 5.10 Å². The first-order valence-electron chi connectivity index (χ1n) is 10.4. The third kappa shape index (κ3) is 4.17. The molecule has 0 aliphatic rings. The second kappa shape index (κ2) is 8.91. The molecule has 8 heteroatoms. The highest BCUT2D eigenvalue weighted by atomic mass is 15.1. The minimum atomic E-state index is -0.0688. The standard InChI is InChI=1S/C24H22N8/c25-18(14-16-4-2-1-3-5-16)15-28-24-19-8-12-27-22(20-9-13-29-32-20)21(19)30-23(31-24)17-6-10-26-11-7-17/h1-13,18H,14-15,25H2,(H,29,32)(H,28,30,31). The molecule has 5 aromatic rings. The van der Waals surface area contributed by atoms with Gasteiger partial charge < -0.3 is 11.1 Å². The first-order valence-corrected chi connectivity index (χ1v) is 10.4. The SMILES string of the molecule is NC(CNc1nc(-c2ccncc2)nc2c(-c3ccn[nH]3)nccc12)Cc1ccccc1. The number of nitrogens with two attached hydrogens (primary N) is 1. The summed E-state index contributed by atoms with van der Waals surface area (Å²) in [6.45, 7) is 0.568. The Bertz CT molecular complexity index is 1300. The number of aromatic nitrogens is 6. The summed E-state index contributed by atoms with van der Waals surface area (Å²) in [6.07, 6.45) is 7.68. The molecule has 1 aromatic carbocycles. The quantitative estimate of drug-likeness (QED) is 0.367. The molecule has 1 atom stereocenters. The highest BCUT2D eigenvalue weighted by Gasteiger charge is 2.16. The number of fused-ring (bicyclic) bond motifs is 1. The van der Waals surface area contributed by atoms with E-state index in [4.69, 9.17) is 15.7 Å². The molecule has 4 N–H and O–H groups in total. The van der Waals surface area contributed by atoms with E-state index in [1.807, 2.05) is 42.5 Å². The molecule has 8 nitrogen and oxygen atoms in total. The van der Waals surface area contributed by atoms with E-state index in [-0.39, 0.29) is 6.04 Å². The fourth-order valence-electron chi connectivity index (χ4n) is 3.62. The molecule has 32 heavy (non-hydrogen) atoms. The Balaban J connectivity index is 1.52. The van der Waals surface area contributed by atoms with Crippen molar-refractivity contribution in [1.29, 1.82) is 0 Å². The van der Waals surface area contributed by atoms with Gasteiger partial charge in [0, 0.05) is 48.3 Å². The van der Waals surface area contributed by atoms with Crippen LogP contribution in [0.3, 0.4) is 0 Å². The Kier molecular flexibility index (Phi) is 5.50. The fraction of sp³-hybridized carbons (Fsp3) is 0.125. The van der Waals surface area contributed by atoms with Crippen LogP contribution in [0.25, 0.3) is 33.7 Å². The van der Waals surface area contributed by atoms with Gasteiger partial charge in [0.1, 0.15) is 17.0 Å². The molecule has 0 bridgehead atoms. The summed E-state index contributed by atoms with van der Waals surface area (Å²) in [5.41, 5.74) is 10.7. The molecule has 1 unspecified atom stereocenters. The molecule has 0 fully saturated rings. The molecule has 5 rings (SSSR count). The maximum absolute atomic E-state index is 6.41. The molecule has 0 amide bonds. The first-order chi connectivity index (χ1) is 15.8. The molecule has 0 aliphatic carbocycles. The number of pyridine rings is 2. The van der Waals surface area contributed by atoms with Gasteiger partial charge in [0.05, 0.1) is 5.69 Å². The topological polar surface area (TPSA) is 118 Å². The molecule has 0 saturated carbocycles. The molecular weight excluding hydrogens is 400 g/mol. The number of aromatic amines is 1. The van der Waals surface area contributed by atoms with Gasteiger partial charge in [0.25, 0.3) is 0 Å². The molecule has 0 spiro atoms. The van der Waals surface area contributed by atoms with Gasteiger partial charge in [-0.1, -0.05) is 30.3 Å². The van der Waals surface area contributed by atoms with Gasteiger partial charge in [-0.25, -0.2) is 9.97 Å². The van der Waals surface area contributed by atoms with E-state index < -0.39 is 0 Å².